The molecule has 0 bridgehead atoms. The number of rotatable bonds is 1. The number of aliphatic hydroxyl groups is 2. The van der Waals surface area contributed by atoms with Crippen LogP contribution in [-0.4, -0.2) is 10.2 Å². The van der Waals surface area contributed by atoms with Crippen LogP contribution < -0.4 is 0 Å². The van der Waals surface area contributed by atoms with Gasteiger partial charge < -0.3 is 14.6 Å². The van der Waals surface area contributed by atoms with Crippen LogP contribution in [0.25, 0.3) is 0 Å². The lowest BCUT2D eigenvalue weighted by molar-refractivity contribution is -0.0580. The standard InChI is InChI=1S/C5H5BrO3/c6-3-1-4(5(7)8)9-2-3/h1-2,5,7-8H. The number of furan rings is 1. The number of hydrogen-bond donors (Lipinski definition) is 2. The average Bonchev–Trinajstić information content (AvgIpc) is 2.14. The fraction of sp³-hybridized carbons (Fsp3) is 0.200. The maximum Gasteiger partial charge on any atom is 0.212 e. The summed E-state index contributed by atoms with van der Waals surface area (Å²) in [5.41, 5.74) is 0. The molecule has 9 heavy (non-hydrogen) atoms. The first-order valence-electron chi connectivity index (χ1n) is 2.30. The van der Waals surface area contributed by atoms with E-state index < -0.39 is 6.29 Å². The van der Waals surface area contributed by atoms with Gasteiger partial charge in [-0.3, -0.25) is 0 Å². The van der Waals surface area contributed by atoms with Crippen molar-refractivity contribution < 1.29 is 14.6 Å². The lowest BCUT2D eigenvalue weighted by Crippen LogP contribution is -1.90. The molecule has 0 atom stereocenters. The van der Waals surface area contributed by atoms with E-state index in [1.165, 1.54) is 12.3 Å². The molecule has 0 aliphatic carbocycles. The second kappa shape index (κ2) is 2.51. The molecule has 0 aliphatic rings. The Morgan fingerprint density at radius 1 is 1.56 bits per heavy atom. The van der Waals surface area contributed by atoms with Crippen molar-refractivity contribution in [3.8, 4) is 0 Å². The maximum absolute atomic E-state index is 8.48. The molecule has 0 unspecified atom stereocenters. The van der Waals surface area contributed by atoms with Gasteiger partial charge in [0.05, 0.1) is 4.47 Å². The van der Waals surface area contributed by atoms with E-state index in [9.17, 15) is 0 Å². The van der Waals surface area contributed by atoms with Gasteiger partial charge in [-0.05, 0) is 22.0 Å². The van der Waals surface area contributed by atoms with Gasteiger partial charge in [0.2, 0.25) is 6.29 Å². The Labute approximate surface area is 60.0 Å². The predicted octanol–water partition coefficient (Wildman–Crippen LogP) is 1.03. The third-order valence-corrected chi connectivity index (χ3v) is 1.26. The third-order valence-electron chi connectivity index (χ3n) is 0.842. The Morgan fingerprint density at radius 3 is 2.44 bits per heavy atom. The van der Waals surface area contributed by atoms with Gasteiger partial charge in [-0.15, -0.1) is 0 Å². The van der Waals surface area contributed by atoms with Crippen molar-refractivity contribution in [3.63, 3.8) is 0 Å². The van der Waals surface area contributed by atoms with E-state index in [-0.39, 0.29) is 5.76 Å². The van der Waals surface area contributed by atoms with Gasteiger partial charge in [0.25, 0.3) is 0 Å². The molecule has 0 amide bonds. The monoisotopic (exact) mass is 192 g/mol. The molecule has 3 nitrogen and oxygen atoms in total. The highest BCUT2D eigenvalue weighted by Crippen LogP contribution is 2.17. The van der Waals surface area contributed by atoms with Crippen molar-refractivity contribution in [2.24, 2.45) is 0 Å². The molecular weight excluding hydrogens is 188 g/mol. The molecule has 50 valence electrons. The number of halogens is 1. The normalized spacial score (nSPS) is 10.7. The Balaban J connectivity index is 2.85. The minimum Gasteiger partial charge on any atom is -0.463 e. The van der Waals surface area contributed by atoms with Crippen molar-refractivity contribution >= 4 is 15.9 Å². The largest absolute Gasteiger partial charge is 0.463 e. The fourth-order valence-corrected chi connectivity index (χ4v) is 0.783. The van der Waals surface area contributed by atoms with Crippen molar-refractivity contribution in [1.82, 2.24) is 0 Å². The van der Waals surface area contributed by atoms with E-state index in [1.807, 2.05) is 0 Å². The molecule has 1 aromatic heterocycles. The van der Waals surface area contributed by atoms with Crippen LogP contribution in [0.2, 0.25) is 0 Å². The maximum atomic E-state index is 8.48. The van der Waals surface area contributed by atoms with Crippen LogP contribution in [0.15, 0.2) is 21.2 Å². The quantitative estimate of drug-likeness (QED) is 0.654. The van der Waals surface area contributed by atoms with Gasteiger partial charge in [-0.2, -0.15) is 0 Å². The first-order valence-corrected chi connectivity index (χ1v) is 3.09. The van der Waals surface area contributed by atoms with Gasteiger partial charge in [0.1, 0.15) is 6.26 Å². The van der Waals surface area contributed by atoms with Gasteiger partial charge in [0, 0.05) is 0 Å². The van der Waals surface area contributed by atoms with Crippen molar-refractivity contribution in [2.75, 3.05) is 0 Å². The highest BCUT2D eigenvalue weighted by Gasteiger charge is 2.05. The van der Waals surface area contributed by atoms with Crippen LogP contribution in [0.5, 0.6) is 0 Å². The zero-order valence-corrected chi connectivity index (χ0v) is 6.00. The predicted molar refractivity (Wildman–Crippen MR) is 33.6 cm³/mol. The summed E-state index contributed by atoms with van der Waals surface area (Å²) in [6, 6.07) is 1.49. The topological polar surface area (TPSA) is 53.6 Å². The number of aliphatic hydroxyl groups excluding tert-OH is 1. The van der Waals surface area contributed by atoms with E-state index in [4.69, 9.17) is 10.2 Å². The molecule has 4 heteroatoms. The summed E-state index contributed by atoms with van der Waals surface area (Å²) in [6.45, 7) is 0. The summed E-state index contributed by atoms with van der Waals surface area (Å²) in [5, 5.41) is 17.0. The SMILES string of the molecule is OC(O)c1cc(Br)co1. The molecule has 1 heterocycles. The molecule has 0 saturated heterocycles. The lowest BCUT2D eigenvalue weighted by atomic mass is 10.4. The molecular formula is C5H5BrO3. The van der Waals surface area contributed by atoms with Crippen LogP contribution in [0.4, 0.5) is 0 Å². The first kappa shape index (κ1) is 6.80. The molecule has 0 aliphatic heterocycles. The van der Waals surface area contributed by atoms with Gasteiger partial charge in [-0.25, -0.2) is 0 Å². The Hall–Kier alpha value is -0.320. The highest BCUT2D eigenvalue weighted by molar-refractivity contribution is 9.10. The summed E-state index contributed by atoms with van der Waals surface area (Å²) in [7, 11) is 0. The van der Waals surface area contributed by atoms with Crippen LogP contribution >= 0.6 is 15.9 Å². The van der Waals surface area contributed by atoms with E-state index in [2.05, 4.69) is 20.3 Å². The van der Waals surface area contributed by atoms with Gasteiger partial charge in [-0.1, -0.05) is 0 Å². The number of hydrogen-bond acceptors (Lipinski definition) is 3. The van der Waals surface area contributed by atoms with Gasteiger partial charge in [0.15, 0.2) is 5.76 Å². The van der Waals surface area contributed by atoms with Crippen LogP contribution in [0.3, 0.4) is 0 Å². The molecule has 1 rings (SSSR count). The second-order valence-corrected chi connectivity index (χ2v) is 2.46. The summed E-state index contributed by atoms with van der Waals surface area (Å²) >= 11 is 3.08. The lowest BCUT2D eigenvalue weighted by Gasteiger charge is -1.93. The molecule has 2 N–H and O–H groups in total. The van der Waals surface area contributed by atoms with E-state index in [1.54, 1.807) is 0 Å². The minimum atomic E-state index is -1.52. The fourth-order valence-electron chi connectivity index (χ4n) is 0.464. The van der Waals surface area contributed by atoms with Crippen LogP contribution in [0, 0.1) is 0 Å². The van der Waals surface area contributed by atoms with E-state index >= 15 is 0 Å². The van der Waals surface area contributed by atoms with E-state index in [0.29, 0.717) is 4.47 Å². The summed E-state index contributed by atoms with van der Waals surface area (Å²) in [6.07, 6.45) is -0.134. The molecule has 0 radical (unpaired) electrons. The zero-order chi connectivity index (χ0) is 6.85. The molecule has 0 aromatic carbocycles. The summed E-state index contributed by atoms with van der Waals surface area (Å²) in [5.74, 6) is 0.141. The van der Waals surface area contributed by atoms with Crippen molar-refractivity contribution in [3.05, 3.63) is 22.6 Å². The average molecular weight is 193 g/mol. The van der Waals surface area contributed by atoms with Crippen LogP contribution in [-0.2, 0) is 0 Å². The molecule has 0 saturated carbocycles. The summed E-state index contributed by atoms with van der Waals surface area (Å²) in [4.78, 5) is 0. The molecule has 0 spiro atoms. The highest BCUT2D eigenvalue weighted by atomic mass is 79.9. The minimum absolute atomic E-state index is 0.141. The third kappa shape index (κ3) is 1.54. The smallest absolute Gasteiger partial charge is 0.212 e. The Kier molecular flexibility index (Phi) is 1.90. The van der Waals surface area contributed by atoms with Gasteiger partial charge >= 0.3 is 0 Å². The Morgan fingerprint density at radius 2 is 2.22 bits per heavy atom. The zero-order valence-electron chi connectivity index (χ0n) is 4.41. The van der Waals surface area contributed by atoms with Crippen molar-refractivity contribution in [2.45, 2.75) is 6.29 Å². The van der Waals surface area contributed by atoms with E-state index in [0.717, 1.165) is 0 Å². The molecule has 0 fully saturated rings. The first-order chi connectivity index (χ1) is 4.20. The Bertz CT molecular complexity index is 194. The van der Waals surface area contributed by atoms with Crippen molar-refractivity contribution in [1.29, 1.82) is 0 Å². The summed E-state index contributed by atoms with van der Waals surface area (Å²) < 4.78 is 5.38. The molecule has 1 aromatic rings. The second-order valence-electron chi connectivity index (χ2n) is 1.54. The van der Waals surface area contributed by atoms with Crippen LogP contribution in [0.1, 0.15) is 12.1 Å².